The Balaban J connectivity index is 2.44. The zero-order valence-electron chi connectivity index (χ0n) is 8.36. The number of nitrogens with zero attached hydrogens (tertiary/aromatic N) is 1. The molecule has 0 aliphatic rings. The van der Waals surface area contributed by atoms with Crippen molar-refractivity contribution in [1.29, 1.82) is 0 Å². The van der Waals surface area contributed by atoms with E-state index in [2.05, 4.69) is 4.98 Å². The molecule has 0 fully saturated rings. The summed E-state index contributed by atoms with van der Waals surface area (Å²) in [6.07, 6.45) is 0.921. The Morgan fingerprint density at radius 2 is 2.47 bits per heavy atom. The standard InChI is InChI=1S/C9H12N2O2S2/c1-2-13-8(12)4-3-7-11-6(5-15-7)9(10)14/h5H,2-4H2,1H3,(H2,10,14). The average Bonchev–Trinajstić information content (AvgIpc) is 2.63. The summed E-state index contributed by atoms with van der Waals surface area (Å²) < 4.78 is 4.81. The molecule has 0 unspecified atom stereocenters. The van der Waals surface area contributed by atoms with Crippen LogP contribution in [-0.4, -0.2) is 22.5 Å². The molecule has 1 aromatic rings. The summed E-state index contributed by atoms with van der Waals surface area (Å²) in [6, 6.07) is 0. The molecule has 0 saturated carbocycles. The first kappa shape index (κ1) is 12.1. The molecule has 0 saturated heterocycles. The van der Waals surface area contributed by atoms with Gasteiger partial charge in [0.25, 0.3) is 0 Å². The predicted octanol–water partition coefficient (Wildman–Crippen LogP) is 1.27. The fourth-order valence-electron chi connectivity index (χ4n) is 0.981. The molecule has 0 aromatic carbocycles. The fourth-order valence-corrected chi connectivity index (χ4v) is 1.96. The molecule has 0 atom stereocenters. The summed E-state index contributed by atoms with van der Waals surface area (Å²) in [6.45, 7) is 2.20. The molecular weight excluding hydrogens is 232 g/mol. The van der Waals surface area contributed by atoms with E-state index in [0.717, 1.165) is 5.01 Å². The molecule has 4 nitrogen and oxygen atoms in total. The monoisotopic (exact) mass is 244 g/mol. The first-order valence-electron chi connectivity index (χ1n) is 4.53. The van der Waals surface area contributed by atoms with Gasteiger partial charge in [-0.3, -0.25) is 4.79 Å². The molecule has 2 N–H and O–H groups in total. The number of thiocarbonyl (C=S) groups is 1. The molecule has 1 rings (SSSR count). The van der Waals surface area contributed by atoms with Crippen LogP contribution < -0.4 is 5.73 Å². The molecule has 0 amide bonds. The van der Waals surface area contributed by atoms with Crippen LogP contribution in [0.25, 0.3) is 0 Å². The lowest BCUT2D eigenvalue weighted by molar-refractivity contribution is -0.143. The summed E-state index contributed by atoms with van der Waals surface area (Å²) in [7, 11) is 0. The molecular formula is C9H12N2O2S2. The van der Waals surface area contributed by atoms with Crippen molar-refractivity contribution in [1.82, 2.24) is 4.98 Å². The maximum atomic E-state index is 11.1. The van der Waals surface area contributed by atoms with Crippen molar-refractivity contribution in [2.75, 3.05) is 6.61 Å². The van der Waals surface area contributed by atoms with Gasteiger partial charge in [-0.15, -0.1) is 11.3 Å². The molecule has 0 aliphatic heterocycles. The average molecular weight is 244 g/mol. The zero-order valence-corrected chi connectivity index (χ0v) is 9.99. The van der Waals surface area contributed by atoms with Crippen LogP contribution in [0.15, 0.2) is 5.38 Å². The Bertz CT molecular complexity index is 363. The Labute approximate surface area is 97.5 Å². The van der Waals surface area contributed by atoms with Crippen LogP contribution in [0.4, 0.5) is 0 Å². The lowest BCUT2D eigenvalue weighted by atomic mass is 10.3. The van der Waals surface area contributed by atoms with Crippen molar-refractivity contribution in [3.8, 4) is 0 Å². The molecule has 0 spiro atoms. The van der Waals surface area contributed by atoms with Crippen molar-refractivity contribution in [3.63, 3.8) is 0 Å². The van der Waals surface area contributed by atoms with E-state index in [1.807, 2.05) is 0 Å². The minimum Gasteiger partial charge on any atom is -0.466 e. The summed E-state index contributed by atoms with van der Waals surface area (Å²) in [5.41, 5.74) is 6.03. The number of rotatable bonds is 5. The van der Waals surface area contributed by atoms with Gasteiger partial charge in [0.15, 0.2) is 0 Å². The third-order valence-corrected chi connectivity index (χ3v) is 2.77. The van der Waals surface area contributed by atoms with Crippen LogP contribution >= 0.6 is 23.6 Å². The first-order chi connectivity index (χ1) is 7.13. The van der Waals surface area contributed by atoms with Gasteiger partial charge in [-0.2, -0.15) is 0 Å². The number of thiazole rings is 1. The Kier molecular flexibility index (Phi) is 4.64. The second-order valence-electron chi connectivity index (χ2n) is 2.80. The van der Waals surface area contributed by atoms with Crippen molar-refractivity contribution in [2.45, 2.75) is 19.8 Å². The number of nitrogens with two attached hydrogens (primary N) is 1. The molecule has 0 bridgehead atoms. The van der Waals surface area contributed by atoms with Gasteiger partial charge in [0.2, 0.25) is 0 Å². The van der Waals surface area contributed by atoms with E-state index >= 15 is 0 Å². The number of ether oxygens (including phenoxy) is 1. The maximum absolute atomic E-state index is 11.1. The van der Waals surface area contributed by atoms with E-state index in [9.17, 15) is 4.79 Å². The molecule has 82 valence electrons. The van der Waals surface area contributed by atoms with Gasteiger partial charge in [0.1, 0.15) is 10.7 Å². The highest BCUT2D eigenvalue weighted by Crippen LogP contribution is 2.11. The van der Waals surface area contributed by atoms with Gasteiger partial charge in [0.05, 0.1) is 18.0 Å². The van der Waals surface area contributed by atoms with Crippen LogP contribution in [0.2, 0.25) is 0 Å². The van der Waals surface area contributed by atoms with E-state index < -0.39 is 0 Å². The minimum absolute atomic E-state index is 0.204. The molecule has 6 heteroatoms. The normalized spacial score (nSPS) is 9.93. The summed E-state index contributed by atoms with van der Waals surface area (Å²) in [4.78, 5) is 15.5. The van der Waals surface area contributed by atoms with Gasteiger partial charge in [-0.1, -0.05) is 12.2 Å². The van der Waals surface area contributed by atoms with E-state index in [0.29, 0.717) is 25.1 Å². The fraction of sp³-hybridized carbons (Fsp3) is 0.444. The van der Waals surface area contributed by atoms with Crippen molar-refractivity contribution in [3.05, 3.63) is 16.1 Å². The molecule has 1 heterocycles. The molecule has 15 heavy (non-hydrogen) atoms. The molecule has 1 aromatic heterocycles. The van der Waals surface area contributed by atoms with Gasteiger partial charge < -0.3 is 10.5 Å². The van der Waals surface area contributed by atoms with Crippen LogP contribution in [0, 0.1) is 0 Å². The van der Waals surface area contributed by atoms with E-state index in [-0.39, 0.29) is 11.0 Å². The SMILES string of the molecule is CCOC(=O)CCc1nc(C(N)=S)cs1. The third kappa shape index (κ3) is 3.93. The quantitative estimate of drug-likeness (QED) is 0.624. The second-order valence-corrected chi connectivity index (χ2v) is 4.18. The maximum Gasteiger partial charge on any atom is 0.306 e. The number of carbonyl (C=O) groups excluding carboxylic acids is 1. The van der Waals surface area contributed by atoms with Crippen molar-refractivity contribution in [2.24, 2.45) is 5.73 Å². The third-order valence-electron chi connectivity index (χ3n) is 1.65. The molecule has 0 aliphatic carbocycles. The van der Waals surface area contributed by atoms with Crippen LogP contribution in [0.1, 0.15) is 24.0 Å². The Hall–Kier alpha value is -1.01. The van der Waals surface area contributed by atoms with E-state index in [4.69, 9.17) is 22.7 Å². The zero-order chi connectivity index (χ0) is 11.3. The highest BCUT2D eigenvalue weighted by molar-refractivity contribution is 7.80. The summed E-state index contributed by atoms with van der Waals surface area (Å²) in [5, 5.41) is 2.65. The Morgan fingerprint density at radius 3 is 3.00 bits per heavy atom. The van der Waals surface area contributed by atoms with E-state index in [1.165, 1.54) is 11.3 Å². The minimum atomic E-state index is -0.204. The van der Waals surface area contributed by atoms with Gasteiger partial charge in [0, 0.05) is 11.8 Å². The second kappa shape index (κ2) is 5.77. The largest absolute Gasteiger partial charge is 0.466 e. The summed E-state index contributed by atoms with van der Waals surface area (Å²) in [5.74, 6) is -0.204. The van der Waals surface area contributed by atoms with Crippen molar-refractivity contribution >= 4 is 34.5 Å². The van der Waals surface area contributed by atoms with Gasteiger partial charge in [-0.25, -0.2) is 4.98 Å². The summed E-state index contributed by atoms with van der Waals surface area (Å²) >= 11 is 6.23. The lowest BCUT2D eigenvalue weighted by Crippen LogP contribution is -2.10. The van der Waals surface area contributed by atoms with Crippen LogP contribution in [0.5, 0.6) is 0 Å². The number of aromatic nitrogens is 1. The number of carbonyl (C=O) groups is 1. The number of aryl methyl sites for hydroxylation is 1. The smallest absolute Gasteiger partial charge is 0.306 e. The number of hydrogen-bond acceptors (Lipinski definition) is 5. The highest BCUT2D eigenvalue weighted by atomic mass is 32.1. The van der Waals surface area contributed by atoms with Gasteiger partial charge in [-0.05, 0) is 6.92 Å². The van der Waals surface area contributed by atoms with Gasteiger partial charge >= 0.3 is 5.97 Å². The molecule has 0 radical (unpaired) electrons. The highest BCUT2D eigenvalue weighted by Gasteiger charge is 2.07. The predicted molar refractivity (Wildman–Crippen MR) is 63.0 cm³/mol. The lowest BCUT2D eigenvalue weighted by Gasteiger charge is -1.98. The van der Waals surface area contributed by atoms with Crippen LogP contribution in [-0.2, 0) is 16.0 Å². The first-order valence-corrected chi connectivity index (χ1v) is 5.82. The van der Waals surface area contributed by atoms with Crippen LogP contribution in [0.3, 0.4) is 0 Å². The van der Waals surface area contributed by atoms with E-state index in [1.54, 1.807) is 12.3 Å². The van der Waals surface area contributed by atoms with Crippen molar-refractivity contribution < 1.29 is 9.53 Å². The Morgan fingerprint density at radius 1 is 1.73 bits per heavy atom. The topological polar surface area (TPSA) is 65.2 Å². The number of hydrogen-bond donors (Lipinski definition) is 1. The number of esters is 1.